The minimum Gasteiger partial charge on any atom is -0.397 e. The number of ketones is 1. The van der Waals surface area contributed by atoms with Gasteiger partial charge in [-0.3, -0.25) is 4.79 Å². The molecule has 8 heteroatoms. The first-order chi connectivity index (χ1) is 13.4. The Kier molecular flexibility index (Phi) is 5.45. The molecule has 3 aromatic rings. The Balaban J connectivity index is 1.88. The number of nitrogen functional groups attached to an aromatic ring is 1. The summed E-state index contributed by atoms with van der Waals surface area (Å²) in [6.07, 6.45) is 5.90. The van der Waals surface area contributed by atoms with Gasteiger partial charge in [-0.05, 0) is 25.0 Å². The smallest absolute Gasteiger partial charge is 0.224 e. The van der Waals surface area contributed by atoms with E-state index in [9.17, 15) is 4.79 Å². The van der Waals surface area contributed by atoms with Gasteiger partial charge in [0.2, 0.25) is 5.95 Å². The van der Waals surface area contributed by atoms with Crippen molar-refractivity contribution in [2.75, 3.05) is 11.1 Å². The summed E-state index contributed by atoms with van der Waals surface area (Å²) in [5.41, 5.74) is 8.17. The Morgan fingerprint density at radius 1 is 1.18 bits per heavy atom. The molecule has 0 unspecified atom stereocenters. The maximum atomic E-state index is 12.0. The molecule has 0 aliphatic heterocycles. The van der Waals surface area contributed by atoms with E-state index < -0.39 is 0 Å². The predicted octanol–water partition coefficient (Wildman–Crippen LogP) is 6.19. The summed E-state index contributed by atoms with van der Waals surface area (Å²) in [5, 5.41) is 5.06. The van der Waals surface area contributed by atoms with Crippen LogP contribution in [0.25, 0.3) is 21.5 Å². The van der Waals surface area contributed by atoms with Crippen LogP contribution in [0.3, 0.4) is 0 Å². The number of hydrogen-bond acceptors (Lipinski definition) is 6. The van der Waals surface area contributed by atoms with Crippen molar-refractivity contribution in [2.24, 2.45) is 0 Å². The van der Waals surface area contributed by atoms with Crippen molar-refractivity contribution < 1.29 is 4.79 Å². The highest BCUT2D eigenvalue weighted by molar-refractivity contribution is 7.21. The molecule has 4 rings (SSSR count). The first-order valence-corrected chi connectivity index (χ1v) is 10.8. The van der Waals surface area contributed by atoms with E-state index >= 15 is 0 Å². The zero-order valence-corrected chi connectivity index (χ0v) is 17.7. The maximum absolute atomic E-state index is 12.0. The summed E-state index contributed by atoms with van der Waals surface area (Å²) in [4.78, 5) is 22.6. The van der Waals surface area contributed by atoms with Crippen molar-refractivity contribution in [1.29, 1.82) is 0 Å². The third-order valence-corrected chi connectivity index (χ3v) is 6.98. The van der Waals surface area contributed by atoms with Crippen LogP contribution in [-0.2, 0) is 0 Å². The molecular formula is C20H20Cl2N4OS. The summed E-state index contributed by atoms with van der Waals surface area (Å²) in [5.74, 6) is 0.471. The average molecular weight is 435 g/mol. The number of hydrogen-bond donors (Lipinski definition) is 2. The molecule has 3 N–H and O–H groups in total. The quantitative estimate of drug-likeness (QED) is 0.478. The SMILES string of the molecule is CC(=O)c1sc2nc(NC3CCCCC3)nc(-c3ccc(Cl)c(Cl)c3)c2c1N. The molecule has 1 aromatic carbocycles. The van der Waals surface area contributed by atoms with Gasteiger partial charge in [0.1, 0.15) is 4.83 Å². The van der Waals surface area contributed by atoms with E-state index in [4.69, 9.17) is 33.9 Å². The van der Waals surface area contributed by atoms with Crippen LogP contribution in [0.2, 0.25) is 10.0 Å². The molecule has 2 heterocycles. The molecule has 28 heavy (non-hydrogen) atoms. The van der Waals surface area contributed by atoms with Crippen LogP contribution in [0.15, 0.2) is 18.2 Å². The Morgan fingerprint density at radius 3 is 2.61 bits per heavy atom. The van der Waals surface area contributed by atoms with Crippen molar-refractivity contribution in [3.05, 3.63) is 33.1 Å². The van der Waals surface area contributed by atoms with E-state index in [1.54, 1.807) is 12.1 Å². The van der Waals surface area contributed by atoms with E-state index in [1.165, 1.54) is 37.5 Å². The minimum atomic E-state index is -0.0811. The van der Waals surface area contributed by atoms with Gasteiger partial charge >= 0.3 is 0 Å². The number of carbonyl (C=O) groups excluding carboxylic acids is 1. The molecule has 1 aliphatic carbocycles. The highest BCUT2D eigenvalue weighted by atomic mass is 35.5. The van der Waals surface area contributed by atoms with Crippen molar-refractivity contribution in [1.82, 2.24) is 9.97 Å². The number of nitrogens with two attached hydrogens (primary N) is 1. The second-order valence-electron chi connectivity index (χ2n) is 7.09. The van der Waals surface area contributed by atoms with Gasteiger partial charge in [-0.25, -0.2) is 9.97 Å². The van der Waals surface area contributed by atoms with Crippen LogP contribution in [0.4, 0.5) is 11.6 Å². The number of aromatic nitrogens is 2. The lowest BCUT2D eigenvalue weighted by Crippen LogP contribution is -2.23. The molecule has 1 saturated carbocycles. The number of carbonyl (C=O) groups is 1. The number of nitrogens with zero attached hydrogens (tertiary/aromatic N) is 2. The Bertz CT molecular complexity index is 1060. The molecule has 5 nitrogen and oxygen atoms in total. The van der Waals surface area contributed by atoms with Crippen LogP contribution < -0.4 is 11.1 Å². The second kappa shape index (κ2) is 7.85. The number of benzene rings is 1. The lowest BCUT2D eigenvalue weighted by atomic mass is 9.96. The van der Waals surface area contributed by atoms with Crippen molar-refractivity contribution in [3.63, 3.8) is 0 Å². The second-order valence-corrected chi connectivity index (χ2v) is 8.90. The monoisotopic (exact) mass is 434 g/mol. The maximum Gasteiger partial charge on any atom is 0.224 e. The fourth-order valence-corrected chi connectivity index (χ4v) is 4.92. The van der Waals surface area contributed by atoms with E-state index in [0.717, 1.165) is 18.4 Å². The summed E-state index contributed by atoms with van der Waals surface area (Å²) in [6.45, 7) is 1.51. The third-order valence-electron chi connectivity index (χ3n) is 5.04. The summed E-state index contributed by atoms with van der Waals surface area (Å²) in [7, 11) is 0. The van der Waals surface area contributed by atoms with Gasteiger partial charge in [0.15, 0.2) is 5.78 Å². The number of rotatable bonds is 4. The van der Waals surface area contributed by atoms with Crippen molar-refractivity contribution in [3.8, 4) is 11.3 Å². The van der Waals surface area contributed by atoms with E-state index in [1.807, 2.05) is 6.07 Å². The molecular weight excluding hydrogens is 415 g/mol. The van der Waals surface area contributed by atoms with Gasteiger partial charge in [-0.2, -0.15) is 0 Å². The highest BCUT2D eigenvalue weighted by Crippen LogP contribution is 2.40. The van der Waals surface area contributed by atoms with Crippen LogP contribution >= 0.6 is 34.5 Å². The molecule has 2 aromatic heterocycles. The van der Waals surface area contributed by atoms with E-state index in [2.05, 4.69) is 10.3 Å². The van der Waals surface area contributed by atoms with Crippen molar-refractivity contribution >= 4 is 62.2 Å². The van der Waals surface area contributed by atoms with Crippen LogP contribution in [0.1, 0.15) is 48.7 Å². The molecule has 0 bridgehead atoms. The molecule has 0 amide bonds. The van der Waals surface area contributed by atoms with Gasteiger partial charge < -0.3 is 11.1 Å². The number of nitrogens with one attached hydrogen (secondary N) is 1. The number of thiophene rings is 1. The lowest BCUT2D eigenvalue weighted by Gasteiger charge is -2.23. The van der Waals surface area contributed by atoms with E-state index in [0.29, 0.717) is 48.5 Å². The summed E-state index contributed by atoms with van der Waals surface area (Å²) < 4.78 is 0. The molecule has 0 spiro atoms. The minimum absolute atomic E-state index is 0.0811. The lowest BCUT2D eigenvalue weighted by molar-refractivity contribution is 0.102. The number of anilines is 2. The molecule has 1 aliphatic rings. The van der Waals surface area contributed by atoms with Crippen LogP contribution in [-0.4, -0.2) is 21.8 Å². The van der Waals surface area contributed by atoms with Crippen molar-refractivity contribution in [2.45, 2.75) is 45.1 Å². The Labute approximate surface area is 177 Å². The normalized spacial score (nSPS) is 15.1. The Morgan fingerprint density at radius 2 is 1.93 bits per heavy atom. The third kappa shape index (κ3) is 3.69. The van der Waals surface area contributed by atoms with Gasteiger partial charge in [-0.15, -0.1) is 11.3 Å². The average Bonchev–Trinajstić information content (AvgIpc) is 3.01. The zero-order chi connectivity index (χ0) is 19.8. The number of fused-ring (bicyclic) bond motifs is 1. The molecule has 0 atom stereocenters. The fourth-order valence-electron chi connectivity index (χ4n) is 3.63. The van der Waals surface area contributed by atoms with Gasteiger partial charge in [0.25, 0.3) is 0 Å². The summed E-state index contributed by atoms with van der Waals surface area (Å²) in [6, 6.07) is 5.71. The largest absolute Gasteiger partial charge is 0.397 e. The summed E-state index contributed by atoms with van der Waals surface area (Å²) >= 11 is 13.6. The zero-order valence-electron chi connectivity index (χ0n) is 15.4. The predicted molar refractivity (Wildman–Crippen MR) is 118 cm³/mol. The van der Waals surface area contributed by atoms with Gasteiger partial charge in [0, 0.05) is 18.5 Å². The first kappa shape index (κ1) is 19.4. The molecule has 1 fully saturated rings. The van der Waals surface area contributed by atoms with Crippen LogP contribution in [0, 0.1) is 0 Å². The molecule has 146 valence electrons. The number of Topliss-reactive ketones (excluding diaryl/α,β-unsaturated/α-hetero) is 1. The topological polar surface area (TPSA) is 80.9 Å². The van der Waals surface area contributed by atoms with Gasteiger partial charge in [0.05, 0.1) is 31.7 Å². The number of halogens is 2. The molecule has 0 radical (unpaired) electrons. The van der Waals surface area contributed by atoms with E-state index in [-0.39, 0.29) is 5.78 Å². The first-order valence-electron chi connectivity index (χ1n) is 9.27. The molecule has 0 saturated heterocycles. The Hall–Kier alpha value is -1.89. The van der Waals surface area contributed by atoms with Crippen LogP contribution in [0.5, 0.6) is 0 Å². The van der Waals surface area contributed by atoms with Gasteiger partial charge in [-0.1, -0.05) is 48.5 Å². The standard InChI is InChI=1S/C20H20Cl2N4OS/c1-10(27)18-16(23)15-17(11-7-8-13(21)14(22)9-11)25-20(26-19(15)28-18)24-12-5-3-2-4-6-12/h7-9,12H,2-6,23H2,1H3,(H,24,25,26). The highest BCUT2D eigenvalue weighted by Gasteiger charge is 2.22. The fraction of sp³-hybridized carbons (Fsp3) is 0.350.